The van der Waals surface area contributed by atoms with E-state index in [9.17, 15) is 4.79 Å². The normalized spacial score (nSPS) is 12.4. The standard InChI is InChI=1S/C20H15N3O3S3/c24-18(9-27-10-19-21-13-3-1-2-4-17(13)29-19)23-20-22-14(8-28-20)12-5-6-15-16(7-12)26-11-25-15/h1-8H,9-11H2,(H,22,23,24). The van der Waals surface area contributed by atoms with Crippen LogP contribution >= 0.6 is 34.4 Å². The summed E-state index contributed by atoms with van der Waals surface area (Å²) in [6.45, 7) is 0.242. The summed E-state index contributed by atoms with van der Waals surface area (Å²) >= 11 is 4.62. The molecule has 1 amide bonds. The lowest BCUT2D eigenvalue weighted by Crippen LogP contribution is -2.13. The van der Waals surface area contributed by atoms with Crippen molar-refractivity contribution in [2.24, 2.45) is 0 Å². The maximum atomic E-state index is 12.3. The van der Waals surface area contributed by atoms with Crippen molar-refractivity contribution >= 4 is 55.7 Å². The van der Waals surface area contributed by atoms with Crippen LogP contribution in [0.4, 0.5) is 5.13 Å². The molecule has 1 N–H and O–H groups in total. The average Bonchev–Trinajstić information content (AvgIpc) is 3.46. The molecule has 0 aliphatic carbocycles. The van der Waals surface area contributed by atoms with Gasteiger partial charge in [0.1, 0.15) is 5.01 Å². The van der Waals surface area contributed by atoms with Gasteiger partial charge >= 0.3 is 0 Å². The summed E-state index contributed by atoms with van der Waals surface area (Å²) in [6.07, 6.45) is 0. The van der Waals surface area contributed by atoms with Gasteiger partial charge in [0, 0.05) is 16.7 Å². The molecule has 0 saturated heterocycles. The summed E-state index contributed by atoms with van der Waals surface area (Å²) in [5, 5.41) is 6.41. The molecule has 0 bridgehead atoms. The summed E-state index contributed by atoms with van der Waals surface area (Å²) in [5.41, 5.74) is 2.73. The van der Waals surface area contributed by atoms with Gasteiger partial charge in [0.15, 0.2) is 16.6 Å². The number of fused-ring (bicyclic) bond motifs is 2. The molecule has 29 heavy (non-hydrogen) atoms. The molecule has 146 valence electrons. The number of thiazole rings is 2. The van der Waals surface area contributed by atoms with Gasteiger partial charge in [-0.3, -0.25) is 4.79 Å². The third-order valence-corrected chi connectivity index (χ3v) is 7.14. The monoisotopic (exact) mass is 441 g/mol. The number of hydrogen-bond donors (Lipinski definition) is 1. The van der Waals surface area contributed by atoms with Crippen molar-refractivity contribution in [1.82, 2.24) is 9.97 Å². The molecule has 0 fully saturated rings. The number of hydrogen-bond acceptors (Lipinski definition) is 8. The Labute approximate surface area is 178 Å². The molecule has 3 heterocycles. The third-order valence-electron chi connectivity index (χ3n) is 4.22. The maximum absolute atomic E-state index is 12.3. The van der Waals surface area contributed by atoms with Crippen LogP contribution in [0.15, 0.2) is 47.8 Å². The quantitative estimate of drug-likeness (QED) is 0.453. The van der Waals surface area contributed by atoms with E-state index in [-0.39, 0.29) is 12.7 Å². The largest absolute Gasteiger partial charge is 0.454 e. The van der Waals surface area contributed by atoms with Crippen LogP contribution < -0.4 is 14.8 Å². The lowest BCUT2D eigenvalue weighted by molar-refractivity contribution is -0.113. The third kappa shape index (κ3) is 4.07. The Bertz CT molecular complexity index is 1150. The molecule has 1 aliphatic rings. The van der Waals surface area contributed by atoms with Crippen molar-refractivity contribution < 1.29 is 14.3 Å². The van der Waals surface area contributed by atoms with E-state index < -0.39 is 0 Å². The fourth-order valence-electron chi connectivity index (χ4n) is 2.89. The molecule has 9 heteroatoms. The van der Waals surface area contributed by atoms with Crippen molar-refractivity contribution in [2.75, 3.05) is 17.9 Å². The minimum absolute atomic E-state index is 0.0669. The SMILES string of the molecule is O=C(CSCc1nc2ccccc2s1)Nc1nc(-c2ccc3c(c2)OCO3)cs1. The molecule has 0 atom stereocenters. The lowest BCUT2D eigenvalue weighted by atomic mass is 10.1. The molecular formula is C20H15N3O3S3. The number of amides is 1. The first kappa shape index (κ1) is 18.4. The zero-order valence-electron chi connectivity index (χ0n) is 15.1. The van der Waals surface area contributed by atoms with Crippen molar-refractivity contribution in [1.29, 1.82) is 0 Å². The highest BCUT2D eigenvalue weighted by Crippen LogP contribution is 2.36. The molecule has 5 rings (SSSR count). The van der Waals surface area contributed by atoms with Crippen LogP contribution in [0.3, 0.4) is 0 Å². The number of carbonyl (C=O) groups is 1. The van der Waals surface area contributed by atoms with E-state index in [0.29, 0.717) is 22.4 Å². The maximum Gasteiger partial charge on any atom is 0.236 e. The van der Waals surface area contributed by atoms with Crippen molar-refractivity contribution in [3.05, 3.63) is 52.9 Å². The van der Waals surface area contributed by atoms with Crippen LogP contribution in [0, 0.1) is 0 Å². The molecule has 0 unspecified atom stereocenters. The highest BCUT2D eigenvalue weighted by molar-refractivity contribution is 7.99. The van der Waals surface area contributed by atoms with Gasteiger partial charge in [-0.25, -0.2) is 9.97 Å². The van der Waals surface area contributed by atoms with E-state index in [0.717, 1.165) is 27.5 Å². The molecule has 0 radical (unpaired) electrons. The van der Waals surface area contributed by atoms with Crippen LogP contribution in [-0.4, -0.2) is 28.4 Å². The Morgan fingerprint density at radius 1 is 1.14 bits per heavy atom. The summed E-state index contributed by atoms with van der Waals surface area (Å²) in [4.78, 5) is 21.4. The first-order valence-electron chi connectivity index (χ1n) is 8.82. The van der Waals surface area contributed by atoms with Crippen LogP contribution in [0.2, 0.25) is 0 Å². The number of benzene rings is 2. The van der Waals surface area contributed by atoms with E-state index in [1.165, 1.54) is 16.0 Å². The minimum Gasteiger partial charge on any atom is -0.454 e. The van der Waals surface area contributed by atoms with Crippen LogP contribution in [0.25, 0.3) is 21.5 Å². The fourth-order valence-corrected chi connectivity index (χ4v) is 5.47. The van der Waals surface area contributed by atoms with E-state index in [4.69, 9.17) is 9.47 Å². The van der Waals surface area contributed by atoms with Crippen molar-refractivity contribution in [3.8, 4) is 22.8 Å². The van der Waals surface area contributed by atoms with Gasteiger partial charge in [0.25, 0.3) is 0 Å². The zero-order valence-corrected chi connectivity index (χ0v) is 17.5. The Balaban J connectivity index is 1.16. The van der Waals surface area contributed by atoms with Gasteiger partial charge in [0.05, 0.1) is 21.7 Å². The summed E-state index contributed by atoms with van der Waals surface area (Å²) in [6, 6.07) is 13.8. The first-order chi connectivity index (χ1) is 14.2. The van der Waals surface area contributed by atoms with Gasteiger partial charge in [-0.05, 0) is 30.3 Å². The highest BCUT2D eigenvalue weighted by atomic mass is 32.2. The van der Waals surface area contributed by atoms with Gasteiger partial charge in [-0.15, -0.1) is 34.4 Å². The Kier molecular flexibility index (Phi) is 5.09. The van der Waals surface area contributed by atoms with Crippen molar-refractivity contribution in [2.45, 2.75) is 5.75 Å². The van der Waals surface area contributed by atoms with Crippen LogP contribution in [0.1, 0.15) is 5.01 Å². The average molecular weight is 442 g/mol. The molecule has 2 aromatic heterocycles. The number of para-hydroxylation sites is 1. The second-order valence-corrected chi connectivity index (χ2v) is 9.18. The van der Waals surface area contributed by atoms with E-state index >= 15 is 0 Å². The first-order valence-corrected chi connectivity index (χ1v) is 11.7. The number of carbonyl (C=O) groups excluding carboxylic acids is 1. The number of rotatable bonds is 6. The van der Waals surface area contributed by atoms with Gasteiger partial charge in [0.2, 0.25) is 12.7 Å². The lowest BCUT2D eigenvalue weighted by Gasteiger charge is -2.01. The van der Waals surface area contributed by atoms with Crippen molar-refractivity contribution in [3.63, 3.8) is 0 Å². The number of aromatic nitrogens is 2. The zero-order chi connectivity index (χ0) is 19.6. The number of nitrogens with zero attached hydrogens (tertiary/aromatic N) is 2. The minimum atomic E-state index is -0.0669. The molecular weight excluding hydrogens is 426 g/mol. The topological polar surface area (TPSA) is 73.3 Å². The summed E-state index contributed by atoms with van der Waals surface area (Å²) < 4.78 is 11.9. The summed E-state index contributed by atoms with van der Waals surface area (Å²) in [5.74, 6) is 2.46. The predicted molar refractivity (Wildman–Crippen MR) is 118 cm³/mol. The van der Waals surface area contributed by atoms with E-state index in [1.54, 1.807) is 23.1 Å². The van der Waals surface area contributed by atoms with Gasteiger partial charge in [-0.1, -0.05) is 12.1 Å². The molecule has 0 saturated carbocycles. The molecule has 6 nitrogen and oxygen atoms in total. The van der Waals surface area contributed by atoms with E-state index in [1.807, 2.05) is 41.8 Å². The Morgan fingerprint density at radius 3 is 2.97 bits per heavy atom. The van der Waals surface area contributed by atoms with E-state index in [2.05, 4.69) is 21.4 Å². The molecule has 1 aliphatic heterocycles. The van der Waals surface area contributed by atoms with Gasteiger partial charge in [-0.2, -0.15) is 0 Å². The fraction of sp³-hybridized carbons (Fsp3) is 0.150. The second kappa shape index (κ2) is 8.02. The number of anilines is 1. The highest BCUT2D eigenvalue weighted by Gasteiger charge is 2.15. The summed E-state index contributed by atoms with van der Waals surface area (Å²) in [7, 11) is 0. The van der Waals surface area contributed by atoms with Crippen LogP contribution in [0.5, 0.6) is 11.5 Å². The smallest absolute Gasteiger partial charge is 0.236 e. The Morgan fingerprint density at radius 2 is 2.03 bits per heavy atom. The van der Waals surface area contributed by atoms with Gasteiger partial charge < -0.3 is 14.8 Å². The predicted octanol–water partition coefficient (Wildman–Crippen LogP) is 5.02. The molecule has 0 spiro atoms. The number of thioether (sulfide) groups is 1. The number of nitrogens with one attached hydrogen (secondary N) is 1. The molecule has 4 aromatic rings. The second-order valence-electron chi connectivity index (χ2n) is 6.22. The molecule has 2 aromatic carbocycles. The van der Waals surface area contributed by atoms with Crippen LogP contribution in [-0.2, 0) is 10.5 Å². The number of ether oxygens (including phenoxy) is 2. The Hall–Kier alpha value is -2.62.